The van der Waals surface area contributed by atoms with E-state index in [9.17, 15) is 14.4 Å². The van der Waals surface area contributed by atoms with Gasteiger partial charge < -0.3 is 28.0 Å². The van der Waals surface area contributed by atoms with Gasteiger partial charge in [-0.2, -0.15) is 0 Å². The molecule has 0 heterocycles. The first-order valence-corrected chi connectivity index (χ1v) is 23.4. The van der Waals surface area contributed by atoms with Gasteiger partial charge in [0.15, 0.2) is 25.7 Å². The molecule has 0 aromatic rings. The molecule has 0 amide bonds. The summed E-state index contributed by atoms with van der Waals surface area (Å²) >= 11 is 0. The molecule has 0 saturated carbocycles. The van der Waals surface area contributed by atoms with Crippen LogP contribution in [0.1, 0.15) is 34.1 Å². The van der Waals surface area contributed by atoms with Crippen molar-refractivity contribution in [3.8, 4) is 0 Å². The Morgan fingerprint density at radius 2 is 1.14 bits per heavy atom. The smallest absolute Gasteiger partial charge is 0.333 e. The van der Waals surface area contributed by atoms with E-state index in [1.54, 1.807) is 26.9 Å². The number of rotatable bonds is 14. The van der Waals surface area contributed by atoms with Gasteiger partial charge in [-0.25, -0.2) is 9.59 Å². The second kappa shape index (κ2) is 19.3. The zero-order valence-electron chi connectivity index (χ0n) is 23.1. The maximum absolute atomic E-state index is 11.1. The van der Waals surface area contributed by atoms with Crippen molar-refractivity contribution in [1.29, 1.82) is 0 Å². The molecule has 3 N–H and O–H groups in total. The van der Waals surface area contributed by atoms with Gasteiger partial charge in [0, 0.05) is 11.1 Å². The van der Waals surface area contributed by atoms with Crippen LogP contribution in [-0.4, -0.2) is 69.7 Å². The van der Waals surface area contributed by atoms with Gasteiger partial charge in [-0.15, -0.1) is 0 Å². The number of carbonyl (C=O) groups excluding carboxylic acids is 2. The van der Waals surface area contributed by atoms with Crippen LogP contribution < -0.4 is 0 Å². The Morgan fingerprint density at radius 1 is 0.800 bits per heavy atom. The van der Waals surface area contributed by atoms with E-state index < -0.39 is 34.2 Å². The summed E-state index contributed by atoms with van der Waals surface area (Å²) in [7, 11) is -6.75. The highest BCUT2D eigenvalue weighted by molar-refractivity contribution is 6.81. The molecule has 0 radical (unpaired) electrons. The third-order valence-electron chi connectivity index (χ3n) is 4.09. The Morgan fingerprint density at radius 3 is 1.43 bits per heavy atom. The molecule has 0 aromatic carbocycles. The molecule has 0 spiro atoms. The fourth-order valence-electron chi connectivity index (χ4n) is 3.00. The second-order valence-electron chi connectivity index (χ2n) is 10.3. The molecule has 8 nitrogen and oxygen atoms in total. The highest BCUT2D eigenvalue weighted by Crippen LogP contribution is 2.18. The van der Waals surface area contributed by atoms with Gasteiger partial charge in [0.05, 0.1) is 13.2 Å². The summed E-state index contributed by atoms with van der Waals surface area (Å²) in [6.45, 7) is 27.7. The van der Waals surface area contributed by atoms with E-state index in [1.807, 2.05) is 0 Å². The molecule has 0 saturated heterocycles. The number of hydrogen-bond donors (Lipinski definition) is 1. The van der Waals surface area contributed by atoms with E-state index in [1.165, 1.54) is 0 Å². The van der Waals surface area contributed by atoms with E-state index in [0.717, 1.165) is 24.9 Å². The lowest BCUT2D eigenvalue weighted by molar-refractivity contribution is -0.139. The van der Waals surface area contributed by atoms with Crippen molar-refractivity contribution in [3.63, 3.8) is 0 Å². The van der Waals surface area contributed by atoms with Crippen LogP contribution in [0.3, 0.4) is 0 Å². The fraction of sp³-hybridized carbons (Fsp3) is 0.739. The van der Waals surface area contributed by atoms with Gasteiger partial charge in [0.2, 0.25) is 0 Å². The zero-order chi connectivity index (χ0) is 26.5. The number of hydrogen-bond acceptors (Lipinski definition) is 7. The molecule has 210 valence electrons. The molecule has 0 bridgehead atoms. The molecule has 0 rings (SSSR count). The SMILES string of the molecule is C.C=C(C)C(=O)OCCC[Si](C)(C)O[SiH](C)C.C=C(C)C(=O)OCCC[Si](C)(C)O[Si](C)(C)O.O. The third kappa shape index (κ3) is 27.6. The maximum Gasteiger partial charge on any atom is 0.333 e. The molecule has 0 aliphatic carbocycles. The van der Waals surface area contributed by atoms with Crippen molar-refractivity contribution < 1.29 is 37.6 Å². The lowest BCUT2D eigenvalue weighted by Crippen LogP contribution is -2.44. The van der Waals surface area contributed by atoms with Crippen molar-refractivity contribution >= 4 is 46.2 Å². The Balaban J connectivity index is -0.000000260. The number of esters is 2. The minimum Gasteiger partial charge on any atom is -0.462 e. The van der Waals surface area contributed by atoms with Crippen molar-refractivity contribution in [1.82, 2.24) is 0 Å². The molecule has 35 heavy (non-hydrogen) atoms. The summed E-state index contributed by atoms with van der Waals surface area (Å²) in [5, 5.41) is 0. The molecule has 12 heteroatoms. The van der Waals surface area contributed by atoms with Gasteiger partial charge in [0.1, 0.15) is 0 Å². The molecule has 0 unspecified atom stereocenters. The third-order valence-corrected chi connectivity index (χ3v) is 15.9. The maximum atomic E-state index is 11.1. The van der Waals surface area contributed by atoms with Crippen LogP contribution in [0.5, 0.6) is 0 Å². The Hall–Kier alpha value is -0.872. The quantitative estimate of drug-likeness (QED) is 0.136. The fourth-order valence-corrected chi connectivity index (χ4v) is 16.4. The van der Waals surface area contributed by atoms with Crippen LogP contribution >= 0.6 is 0 Å². The van der Waals surface area contributed by atoms with Gasteiger partial charge in [-0.3, -0.25) is 0 Å². The van der Waals surface area contributed by atoms with Crippen molar-refractivity contribution in [2.75, 3.05) is 13.2 Å². The normalized spacial score (nSPS) is 11.3. The van der Waals surface area contributed by atoms with E-state index in [-0.39, 0.29) is 24.8 Å². The first kappa shape index (κ1) is 41.3. The minimum atomic E-state index is -2.45. The molecular weight excluding hydrogens is 517 g/mol. The first-order valence-electron chi connectivity index (χ1n) is 11.5. The molecule has 0 aromatic heterocycles. The molecule has 0 aliphatic rings. The molecule has 0 aliphatic heterocycles. The minimum absolute atomic E-state index is 0. The van der Waals surface area contributed by atoms with Gasteiger partial charge >= 0.3 is 20.5 Å². The Kier molecular flexibility index (Phi) is 22.7. The van der Waals surface area contributed by atoms with Gasteiger partial charge in [0.25, 0.3) is 0 Å². The number of ether oxygens (including phenoxy) is 2. The summed E-state index contributed by atoms with van der Waals surface area (Å²) in [5.41, 5.74) is 0.879. The van der Waals surface area contributed by atoms with Crippen molar-refractivity contribution in [2.45, 2.75) is 98.6 Å². The van der Waals surface area contributed by atoms with Crippen LogP contribution in [0.4, 0.5) is 0 Å². The number of carbonyl (C=O) groups is 2. The van der Waals surface area contributed by atoms with Crippen LogP contribution in [0.25, 0.3) is 0 Å². The van der Waals surface area contributed by atoms with Crippen molar-refractivity contribution in [3.05, 3.63) is 24.3 Å². The van der Waals surface area contributed by atoms with E-state index >= 15 is 0 Å². The standard InChI is InChI=1S/C11H24O4Si2.C11H24O3Si2.CH4.H2O/c1-10(2)11(12)14-8-7-9-16(3,4)15-17(5,6)13;1-10(2)11(12)13-8-7-9-16(5,6)14-15(3)4;;/h13H,1,7-9H2,2-6H3;15H,1,7-9H2,2-6H3;1H4;1H2. The summed E-state index contributed by atoms with van der Waals surface area (Å²) in [6.07, 6.45) is 1.65. The van der Waals surface area contributed by atoms with Crippen LogP contribution in [0, 0.1) is 0 Å². The van der Waals surface area contributed by atoms with E-state index in [2.05, 4.69) is 52.4 Å². The lowest BCUT2D eigenvalue weighted by atomic mass is 10.4. The monoisotopic (exact) mass is 570 g/mol. The topological polar surface area (TPSA) is 123 Å². The summed E-state index contributed by atoms with van der Waals surface area (Å²) in [5.74, 6) is -0.638. The highest BCUT2D eigenvalue weighted by atomic mass is 28.4. The summed E-state index contributed by atoms with van der Waals surface area (Å²) in [4.78, 5) is 32.0. The average molecular weight is 571 g/mol. The van der Waals surface area contributed by atoms with Gasteiger partial charge in [-0.1, -0.05) is 20.6 Å². The average Bonchev–Trinajstić information content (AvgIpc) is 2.59. The second-order valence-corrected chi connectivity index (χ2v) is 25.1. The zero-order valence-corrected chi connectivity index (χ0v) is 27.3. The van der Waals surface area contributed by atoms with Crippen LogP contribution in [-0.2, 0) is 27.3 Å². The first-order chi connectivity index (χ1) is 14.8. The van der Waals surface area contributed by atoms with E-state index in [4.69, 9.17) is 17.7 Å². The molecular formula is C23H54O8Si4. The van der Waals surface area contributed by atoms with E-state index in [0.29, 0.717) is 24.4 Å². The summed E-state index contributed by atoms with van der Waals surface area (Å²) < 4.78 is 21.8. The van der Waals surface area contributed by atoms with Crippen molar-refractivity contribution in [2.24, 2.45) is 0 Å². The lowest BCUT2D eigenvalue weighted by Gasteiger charge is -2.29. The summed E-state index contributed by atoms with van der Waals surface area (Å²) in [6, 6.07) is 1.91. The predicted molar refractivity (Wildman–Crippen MR) is 156 cm³/mol. The highest BCUT2D eigenvalue weighted by Gasteiger charge is 2.31. The van der Waals surface area contributed by atoms with Crippen LogP contribution in [0.2, 0.25) is 64.5 Å². The Labute approximate surface area is 219 Å². The Bertz CT molecular complexity index is 644. The largest absolute Gasteiger partial charge is 0.462 e. The van der Waals surface area contributed by atoms with Gasteiger partial charge in [-0.05, 0) is 91.2 Å². The molecule has 0 fully saturated rings. The predicted octanol–water partition coefficient (Wildman–Crippen LogP) is 4.92. The molecule has 0 atom stereocenters. The van der Waals surface area contributed by atoms with Crippen LogP contribution in [0.15, 0.2) is 24.3 Å².